The Balaban J connectivity index is 2.18. The molecule has 0 saturated heterocycles. The zero-order valence-electron chi connectivity index (χ0n) is 11.6. The highest BCUT2D eigenvalue weighted by Gasteiger charge is 2.28. The van der Waals surface area contributed by atoms with Crippen LogP contribution in [0.5, 0.6) is 0 Å². The maximum atomic E-state index is 12.0. The highest BCUT2D eigenvalue weighted by atomic mass is 35.5. The van der Waals surface area contributed by atoms with Crippen molar-refractivity contribution in [1.29, 1.82) is 0 Å². The monoisotopic (exact) mass is 306 g/mol. The third-order valence-corrected chi connectivity index (χ3v) is 3.25. The normalized spacial score (nSPS) is 11.2. The molecule has 6 heteroatoms. The number of hydrogen-bond acceptors (Lipinski definition) is 3. The van der Waals surface area contributed by atoms with Crippen LogP contribution in [0.2, 0.25) is 5.02 Å². The molecule has 0 saturated carbocycles. The SMILES string of the molecule is CC(C)(NC(=O)c1ccc(-c2ccc(Cl)cc2)o1)C(N)=O. The average Bonchev–Trinajstić information content (AvgIpc) is 2.88. The molecular formula is C15H15ClN2O3. The van der Waals surface area contributed by atoms with Crippen molar-refractivity contribution >= 4 is 23.4 Å². The molecule has 0 spiro atoms. The van der Waals surface area contributed by atoms with Gasteiger partial charge in [0, 0.05) is 10.6 Å². The fourth-order valence-electron chi connectivity index (χ4n) is 1.64. The summed E-state index contributed by atoms with van der Waals surface area (Å²) in [4.78, 5) is 23.2. The van der Waals surface area contributed by atoms with Gasteiger partial charge < -0.3 is 15.5 Å². The molecule has 0 atom stereocenters. The number of hydrogen-bond donors (Lipinski definition) is 2. The summed E-state index contributed by atoms with van der Waals surface area (Å²) < 4.78 is 5.49. The first-order chi connectivity index (χ1) is 9.79. The zero-order chi connectivity index (χ0) is 15.6. The summed E-state index contributed by atoms with van der Waals surface area (Å²) in [5, 5.41) is 3.13. The summed E-state index contributed by atoms with van der Waals surface area (Å²) in [6.45, 7) is 3.05. The third-order valence-electron chi connectivity index (χ3n) is 3.00. The second-order valence-electron chi connectivity index (χ2n) is 5.11. The Labute approximate surface area is 127 Å². The Kier molecular flexibility index (Phi) is 4.04. The van der Waals surface area contributed by atoms with Gasteiger partial charge in [0.2, 0.25) is 5.91 Å². The minimum atomic E-state index is -1.15. The van der Waals surface area contributed by atoms with E-state index in [2.05, 4.69) is 5.32 Å². The van der Waals surface area contributed by atoms with Gasteiger partial charge in [-0.3, -0.25) is 9.59 Å². The number of nitrogens with one attached hydrogen (secondary N) is 1. The number of amides is 2. The number of nitrogens with two attached hydrogens (primary N) is 1. The minimum Gasteiger partial charge on any atom is -0.451 e. The number of benzene rings is 1. The van der Waals surface area contributed by atoms with E-state index in [0.717, 1.165) is 5.56 Å². The van der Waals surface area contributed by atoms with Crippen LogP contribution in [-0.2, 0) is 4.79 Å². The smallest absolute Gasteiger partial charge is 0.287 e. The van der Waals surface area contributed by atoms with Gasteiger partial charge in [-0.25, -0.2) is 0 Å². The topological polar surface area (TPSA) is 85.3 Å². The fourth-order valence-corrected chi connectivity index (χ4v) is 1.76. The van der Waals surface area contributed by atoms with E-state index in [1.807, 2.05) is 0 Å². The molecule has 0 aliphatic carbocycles. The van der Waals surface area contributed by atoms with Gasteiger partial charge in [-0.15, -0.1) is 0 Å². The van der Waals surface area contributed by atoms with Crippen molar-refractivity contribution in [2.24, 2.45) is 5.73 Å². The highest BCUT2D eigenvalue weighted by molar-refractivity contribution is 6.30. The largest absolute Gasteiger partial charge is 0.451 e. The summed E-state index contributed by atoms with van der Waals surface area (Å²) >= 11 is 5.82. The van der Waals surface area contributed by atoms with E-state index < -0.39 is 17.4 Å². The molecule has 2 amide bonds. The molecule has 21 heavy (non-hydrogen) atoms. The van der Waals surface area contributed by atoms with Gasteiger partial charge in [0.05, 0.1) is 0 Å². The molecule has 2 rings (SSSR count). The summed E-state index contributed by atoms with van der Waals surface area (Å²) in [6.07, 6.45) is 0. The molecule has 0 radical (unpaired) electrons. The van der Waals surface area contributed by atoms with Gasteiger partial charge in [0.25, 0.3) is 5.91 Å². The predicted octanol–water partition coefficient (Wildman–Crippen LogP) is 2.59. The first-order valence-corrected chi connectivity index (χ1v) is 6.65. The van der Waals surface area contributed by atoms with Crippen LogP contribution >= 0.6 is 11.6 Å². The lowest BCUT2D eigenvalue weighted by Gasteiger charge is -2.21. The van der Waals surface area contributed by atoms with Gasteiger partial charge in [-0.05, 0) is 50.2 Å². The van der Waals surface area contributed by atoms with Crippen molar-refractivity contribution in [3.8, 4) is 11.3 Å². The highest BCUT2D eigenvalue weighted by Crippen LogP contribution is 2.24. The first-order valence-electron chi connectivity index (χ1n) is 6.28. The van der Waals surface area contributed by atoms with E-state index in [1.165, 1.54) is 19.9 Å². The number of halogens is 1. The molecule has 2 aromatic rings. The number of furan rings is 1. The number of carbonyl (C=O) groups is 2. The predicted molar refractivity (Wildman–Crippen MR) is 79.9 cm³/mol. The van der Waals surface area contributed by atoms with Crippen LogP contribution in [-0.4, -0.2) is 17.4 Å². The van der Waals surface area contributed by atoms with E-state index in [4.69, 9.17) is 21.8 Å². The maximum absolute atomic E-state index is 12.0. The van der Waals surface area contributed by atoms with Gasteiger partial charge in [-0.2, -0.15) is 0 Å². The van der Waals surface area contributed by atoms with Crippen molar-refractivity contribution in [3.05, 3.63) is 47.2 Å². The number of rotatable bonds is 4. The van der Waals surface area contributed by atoms with Gasteiger partial charge in [0.15, 0.2) is 5.76 Å². The Bertz CT molecular complexity index is 674. The molecular weight excluding hydrogens is 292 g/mol. The molecule has 0 aliphatic heterocycles. The molecule has 1 heterocycles. The summed E-state index contributed by atoms with van der Waals surface area (Å²) in [6, 6.07) is 10.3. The molecule has 0 fully saturated rings. The second-order valence-corrected chi connectivity index (χ2v) is 5.55. The zero-order valence-corrected chi connectivity index (χ0v) is 12.4. The summed E-state index contributed by atoms with van der Waals surface area (Å²) in [7, 11) is 0. The Hall–Kier alpha value is -2.27. The Morgan fingerprint density at radius 1 is 1.14 bits per heavy atom. The number of carbonyl (C=O) groups excluding carboxylic acids is 2. The van der Waals surface area contributed by atoms with Crippen LogP contribution in [0, 0.1) is 0 Å². The lowest BCUT2D eigenvalue weighted by Crippen LogP contribution is -2.52. The van der Waals surface area contributed by atoms with Crippen LogP contribution in [0.15, 0.2) is 40.8 Å². The van der Waals surface area contributed by atoms with Crippen molar-refractivity contribution in [2.75, 3.05) is 0 Å². The molecule has 110 valence electrons. The van der Waals surface area contributed by atoms with E-state index in [1.54, 1.807) is 30.3 Å². The van der Waals surface area contributed by atoms with Gasteiger partial charge in [-0.1, -0.05) is 11.6 Å². The standard InChI is InChI=1S/C15H15ClN2O3/c1-15(2,14(17)20)18-13(19)12-8-7-11(21-12)9-3-5-10(16)6-4-9/h3-8H,1-2H3,(H2,17,20)(H,18,19). The van der Waals surface area contributed by atoms with Gasteiger partial charge in [0.1, 0.15) is 11.3 Å². The van der Waals surface area contributed by atoms with Crippen LogP contribution in [0.1, 0.15) is 24.4 Å². The van der Waals surface area contributed by atoms with E-state index in [-0.39, 0.29) is 5.76 Å². The van der Waals surface area contributed by atoms with Crippen molar-refractivity contribution in [3.63, 3.8) is 0 Å². The van der Waals surface area contributed by atoms with Crippen molar-refractivity contribution in [1.82, 2.24) is 5.32 Å². The van der Waals surface area contributed by atoms with E-state index >= 15 is 0 Å². The van der Waals surface area contributed by atoms with E-state index in [0.29, 0.717) is 10.8 Å². The van der Waals surface area contributed by atoms with Crippen LogP contribution < -0.4 is 11.1 Å². The Morgan fingerprint density at radius 3 is 2.33 bits per heavy atom. The quantitative estimate of drug-likeness (QED) is 0.910. The molecule has 5 nitrogen and oxygen atoms in total. The first kappa shape index (κ1) is 15.1. The molecule has 1 aromatic carbocycles. The molecule has 0 bridgehead atoms. The molecule has 3 N–H and O–H groups in total. The number of primary amides is 1. The van der Waals surface area contributed by atoms with Crippen LogP contribution in [0.3, 0.4) is 0 Å². The molecule has 1 aromatic heterocycles. The lowest BCUT2D eigenvalue weighted by molar-refractivity contribution is -0.122. The van der Waals surface area contributed by atoms with Crippen LogP contribution in [0.4, 0.5) is 0 Å². The van der Waals surface area contributed by atoms with Gasteiger partial charge >= 0.3 is 0 Å². The summed E-state index contributed by atoms with van der Waals surface area (Å²) in [5.74, 6) is -0.484. The Morgan fingerprint density at radius 2 is 1.76 bits per heavy atom. The molecule has 0 aliphatic rings. The third kappa shape index (κ3) is 3.44. The van der Waals surface area contributed by atoms with E-state index in [9.17, 15) is 9.59 Å². The molecule has 0 unspecified atom stereocenters. The minimum absolute atomic E-state index is 0.106. The maximum Gasteiger partial charge on any atom is 0.287 e. The van der Waals surface area contributed by atoms with Crippen molar-refractivity contribution < 1.29 is 14.0 Å². The summed E-state index contributed by atoms with van der Waals surface area (Å²) in [5.41, 5.74) is 4.86. The van der Waals surface area contributed by atoms with Crippen LogP contribution in [0.25, 0.3) is 11.3 Å². The average molecular weight is 307 g/mol. The fraction of sp³-hybridized carbons (Fsp3) is 0.200. The van der Waals surface area contributed by atoms with Crippen molar-refractivity contribution in [2.45, 2.75) is 19.4 Å². The lowest BCUT2D eigenvalue weighted by atomic mass is 10.1. The second kappa shape index (κ2) is 5.61.